The molecule has 2 atom stereocenters. The van der Waals surface area contributed by atoms with E-state index in [1.165, 1.54) is 4.31 Å². The summed E-state index contributed by atoms with van der Waals surface area (Å²) < 4.78 is 31.0. The number of ether oxygens (including phenoxy) is 1. The van der Waals surface area contributed by atoms with Crippen molar-refractivity contribution in [2.75, 3.05) is 25.4 Å². The maximum absolute atomic E-state index is 12.2. The van der Waals surface area contributed by atoms with Gasteiger partial charge in [-0.2, -0.15) is 0 Å². The monoisotopic (exact) mass is 313 g/mol. The molecule has 0 unspecified atom stereocenters. The summed E-state index contributed by atoms with van der Waals surface area (Å²) >= 11 is 0. The molecule has 0 aliphatic carbocycles. The van der Waals surface area contributed by atoms with Gasteiger partial charge in [0.05, 0.1) is 11.7 Å². The first kappa shape index (κ1) is 15.8. The summed E-state index contributed by atoms with van der Waals surface area (Å²) in [6, 6.07) is 8.98. The van der Waals surface area contributed by atoms with Crippen LogP contribution < -0.4 is 4.74 Å². The second-order valence-electron chi connectivity index (χ2n) is 5.22. The number of hydrogen-bond donors (Lipinski definition) is 1. The molecule has 0 aromatic heterocycles. The molecule has 1 N–H and O–H groups in total. The summed E-state index contributed by atoms with van der Waals surface area (Å²) in [5, 5.41) is 9.05. The van der Waals surface area contributed by atoms with Gasteiger partial charge < -0.3 is 9.84 Å². The van der Waals surface area contributed by atoms with E-state index in [4.69, 9.17) is 9.84 Å². The predicted octanol–water partition coefficient (Wildman–Crippen LogP) is 1.05. The molecule has 0 spiro atoms. The fourth-order valence-electron chi connectivity index (χ4n) is 2.38. The molecular formula is C14H19NO5S. The van der Waals surface area contributed by atoms with Crippen molar-refractivity contribution >= 4 is 16.0 Å². The van der Waals surface area contributed by atoms with E-state index in [0.29, 0.717) is 5.75 Å². The highest BCUT2D eigenvalue weighted by Gasteiger charge is 2.39. The largest absolute Gasteiger partial charge is 0.492 e. The van der Waals surface area contributed by atoms with Crippen LogP contribution in [-0.4, -0.2) is 49.2 Å². The first-order valence-corrected chi connectivity index (χ1v) is 8.39. The highest BCUT2D eigenvalue weighted by molar-refractivity contribution is 7.89. The Bertz CT molecular complexity index is 587. The number of carbonyl (C=O) groups is 1. The lowest BCUT2D eigenvalue weighted by molar-refractivity contribution is -0.142. The van der Waals surface area contributed by atoms with Crippen LogP contribution in [0.15, 0.2) is 30.3 Å². The Morgan fingerprint density at radius 3 is 2.57 bits per heavy atom. The average Bonchev–Trinajstić information content (AvgIpc) is 2.83. The summed E-state index contributed by atoms with van der Waals surface area (Å²) in [6.45, 7) is 2.11. The summed E-state index contributed by atoms with van der Waals surface area (Å²) in [7, 11) is -3.48. The molecule has 2 rings (SSSR count). The third-order valence-electron chi connectivity index (χ3n) is 3.64. The van der Waals surface area contributed by atoms with Crippen molar-refractivity contribution in [1.29, 1.82) is 0 Å². The molecule has 116 valence electrons. The van der Waals surface area contributed by atoms with Gasteiger partial charge in [0.2, 0.25) is 10.0 Å². The fraction of sp³-hybridized carbons (Fsp3) is 0.500. The van der Waals surface area contributed by atoms with Crippen LogP contribution in [0, 0.1) is 11.8 Å². The lowest BCUT2D eigenvalue weighted by Crippen LogP contribution is -2.33. The Kier molecular flexibility index (Phi) is 4.84. The van der Waals surface area contributed by atoms with Crippen LogP contribution in [0.4, 0.5) is 0 Å². The van der Waals surface area contributed by atoms with E-state index in [9.17, 15) is 13.2 Å². The smallest absolute Gasteiger partial charge is 0.308 e. The van der Waals surface area contributed by atoms with E-state index < -0.39 is 21.9 Å². The van der Waals surface area contributed by atoms with Gasteiger partial charge in [0.15, 0.2) is 0 Å². The summed E-state index contributed by atoms with van der Waals surface area (Å²) in [5.74, 6) is -1.28. The molecule has 1 saturated heterocycles. The highest BCUT2D eigenvalue weighted by atomic mass is 32.2. The minimum atomic E-state index is -3.48. The zero-order valence-electron chi connectivity index (χ0n) is 11.8. The molecule has 7 heteroatoms. The first-order chi connectivity index (χ1) is 9.90. The molecule has 0 amide bonds. The maximum Gasteiger partial charge on any atom is 0.308 e. The van der Waals surface area contributed by atoms with Crippen LogP contribution >= 0.6 is 0 Å². The lowest BCUT2D eigenvalue weighted by atomic mass is 9.99. The zero-order chi connectivity index (χ0) is 15.5. The van der Waals surface area contributed by atoms with Crippen LogP contribution in [0.3, 0.4) is 0 Å². The van der Waals surface area contributed by atoms with Crippen molar-refractivity contribution in [2.24, 2.45) is 11.8 Å². The number of sulfonamides is 1. The Morgan fingerprint density at radius 1 is 1.33 bits per heavy atom. The minimum absolute atomic E-state index is 0.0458. The maximum atomic E-state index is 12.2. The standard InChI is InChI=1S/C14H19NO5S/c1-11-9-15(10-13(11)14(16)17)21(18,19)8-7-20-12-5-3-2-4-6-12/h2-6,11,13H,7-10H2,1H3,(H,16,17)/t11-,13-/m1/s1. The molecule has 6 nitrogen and oxygen atoms in total. The van der Waals surface area contributed by atoms with Gasteiger partial charge in [-0.05, 0) is 18.1 Å². The van der Waals surface area contributed by atoms with Crippen LogP contribution in [-0.2, 0) is 14.8 Å². The van der Waals surface area contributed by atoms with Crippen molar-refractivity contribution in [3.05, 3.63) is 30.3 Å². The number of hydrogen-bond acceptors (Lipinski definition) is 4. The summed E-state index contributed by atoms with van der Waals surface area (Å²) in [5.41, 5.74) is 0. The Morgan fingerprint density at radius 2 is 2.00 bits per heavy atom. The lowest BCUT2D eigenvalue weighted by Gasteiger charge is -2.16. The zero-order valence-corrected chi connectivity index (χ0v) is 12.6. The van der Waals surface area contributed by atoms with Gasteiger partial charge in [-0.3, -0.25) is 4.79 Å². The van der Waals surface area contributed by atoms with E-state index in [2.05, 4.69) is 0 Å². The third-order valence-corrected chi connectivity index (χ3v) is 5.41. The fourth-order valence-corrected chi connectivity index (χ4v) is 3.78. The van der Waals surface area contributed by atoms with Crippen molar-refractivity contribution in [2.45, 2.75) is 6.92 Å². The van der Waals surface area contributed by atoms with Gasteiger partial charge in [0.1, 0.15) is 12.4 Å². The van der Waals surface area contributed by atoms with Gasteiger partial charge in [-0.25, -0.2) is 12.7 Å². The number of carboxylic acids is 1. The predicted molar refractivity (Wildman–Crippen MR) is 77.6 cm³/mol. The third kappa shape index (κ3) is 3.95. The summed E-state index contributed by atoms with van der Waals surface area (Å²) in [4.78, 5) is 11.0. The normalized spacial score (nSPS) is 23.1. The van der Waals surface area contributed by atoms with E-state index in [-0.39, 0.29) is 31.4 Å². The van der Waals surface area contributed by atoms with Crippen molar-refractivity contribution < 1.29 is 23.1 Å². The first-order valence-electron chi connectivity index (χ1n) is 6.78. The molecule has 0 saturated carbocycles. The minimum Gasteiger partial charge on any atom is -0.492 e. The van der Waals surface area contributed by atoms with Gasteiger partial charge in [0, 0.05) is 13.1 Å². The molecule has 1 fully saturated rings. The Labute approximate surface area is 124 Å². The van der Waals surface area contributed by atoms with E-state index in [1.807, 2.05) is 18.2 Å². The molecule has 1 aliphatic rings. The Hall–Kier alpha value is -1.60. The second kappa shape index (κ2) is 6.44. The topological polar surface area (TPSA) is 83.9 Å². The number of carboxylic acid groups (broad SMARTS) is 1. The van der Waals surface area contributed by atoms with Crippen LogP contribution in [0.1, 0.15) is 6.92 Å². The highest BCUT2D eigenvalue weighted by Crippen LogP contribution is 2.25. The van der Waals surface area contributed by atoms with Gasteiger partial charge in [-0.15, -0.1) is 0 Å². The molecule has 21 heavy (non-hydrogen) atoms. The Balaban J connectivity index is 1.89. The molecule has 0 radical (unpaired) electrons. The average molecular weight is 313 g/mol. The van der Waals surface area contributed by atoms with Crippen molar-refractivity contribution in [1.82, 2.24) is 4.31 Å². The van der Waals surface area contributed by atoms with Gasteiger partial charge in [-0.1, -0.05) is 25.1 Å². The molecule has 1 aromatic carbocycles. The molecule has 0 bridgehead atoms. The summed E-state index contributed by atoms with van der Waals surface area (Å²) in [6.07, 6.45) is 0. The van der Waals surface area contributed by atoms with Crippen LogP contribution in [0.5, 0.6) is 5.75 Å². The molecule has 1 aromatic rings. The van der Waals surface area contributed by atoms with Gasteiger partial charge >= 0.3 is 5.97 Å². The van der Waals surface area contributed by atoms with E-state index in [1.54, 1.807) is 19.1 Å². The van der Waals surface area contributed by atoms with Crippen molar-refractivity contribution in [3.63, 3.8) is 0 Å². The van der Waals surface area contributed by atoms with Gasteiger partial charge in [0.25, 0.3) is 0 Å². The number of para-hydroxylation sites is 1. The molecular weight excluding hydrogens is 294 g/mol. The van der Waals surface area contributed by atoms with E-state index in [0.717, 1.165) is 0 Å². The second-order valence-corrected chi connectivity index (χ2v) is 7.30. The number of benzene rings is 1. The van der Waals surface area contributed by atoms with Crippen LogP contribution in [0.25, 0.3) is 0 Å². The quantitative estimate of drug-likeness (QED) is 0.848. The molecule has 1 aliphatic heterocycles. The number of aliphatic carboxylic acids is 1. The number of rotatable bonds is 6. The van der Waals surface area contributed by atoms with Crippen molar-refractivity contribution in [3.8, 4) is 5.75 Å². The molecule has 1 heterocycles. The SMILES string of the molecule is C[C@@H]1CN(S(=O)(=O)CCOc2ccccc2)C[C@H]1C(=O)O. The van der Waals surface area contributed by atoms with E-state index >= 15 is 0 Å². The van der Waals surface area contributed by atoms with Crippen LogP contribution in [0.2, 0.25) is 0 Å². The number of nitrogens with zero attached hydrogens (tertiary/aromatic N) is 1.